The number of hydrogen-bond donors (Lipinski definition) is 0. The van der Waals surface area contributed by atoms with Gasteiger partial charge in [-0.2, -0.15) is 0 Å². The summed E-state index contributed by atoms with van der Waals surface area (Å²) < 4.78 is 0. The zero-order valence-corrected chi connectivity index (χ0v) is 13.2. The molecule has 3 unspecified atom stereocenters. The van der Waals surface area contributed by atoms with Crippen molar-refractivity contribution in [3.05, 3.63) is 41.4 Å². The first-order valence-electron chi connectivity index (χ1n) is 8.19. The van der Waals surface area contributed by atoms with Crippen LogP contribution >= 0.6 is 11.6 Å². The molecule has 1 saturated heterocycles. The molecule has 21 heavy (non-hydrogen) atoms. The van der Waals surface area contributed by atoms with Crippen LogP contribution in [0.1, 0.15) is 12.8 Å². The van der Waals surface area contributed by atoms with Crippen LogP contribution in [0.5, 0.6) is 0 Å². The van der Waals surface area contributed by atoms with E-state index in [0.717, 1.165) is 35.9 Å². The fourth-order valence-corrected chi connectivity index (χ4v) is 4.40. The second-order valence-electron chi connectivity index (χ2n) is 6.80. The van der Waals surface area contributed by atoms with Gasteiger partial charge >= 0.3 is 0 Å². The predicted octanol–water partition coefficient (Wildman–Crippen LogP) is 3.67. The van der Waals surface area contributed by atoms with Crippen molar-refractivity contribution < 1.29 is 0 Å². The molecule has 2 bridgehead atoms. The molecule has 3 heteroatoms. The average Bonchev–Trinajstić information content (AvgIpc) is 3.12. The Labute approximate surface area is 132 Å². The van der Waals surface area contributed by atoms with Gasteiger partial charge in [-0.1, -0.05) is 23.8 Å². The molecule has 3 atom stereocenters. The Bertz CT molecular complexity index is 517. The summed E-state index contributed by atoms with van der Waals surface area (Å²) >= 11 is 5.97. The summed E-state index contributed by atoms with van der Waals surface area (Å²) in [5.41, 5.74) is 1.31. The van der Waals surface area contributed by atoms with Gasteiger partial charge in [0.1, 0.15) is 0 Å². The summed E-state index contributed by atoms with van der Waals surface area (Å²) in [5, 5.41) is 0.821. The third kappa shape index (κ3) is 2.84. The molecule has 3 aliphatic rings. The summed E-state index contributed by atoms with van der Waals surface area (Å²) in [5.74, 6) is 2.70. The van der Waals surface area contributed by atoms with Crippen molar-refractivity contribution in [2.75, 3.05) is 37.6 Å². The third-order valence-electron chi connectivity index (χ3n) is 5.47. The zero-order valence-electron chi connectivity index (χ0n) is 12.4. The smallest absolute Gasteiger partial charge is 0.0407 e. The zero-order chi connectivity index (χ0) is 14.2. The summed E-state index contributed by atoms with van der Waals surface area (Å²) in [6.45, 7) is 5.97. The van der Waals surface area contributed by atoms with E-state index in [4.69, 9.17) is 11.6 Å². The van der Waals surface area contributed by atoms with Gasteiger partial charge in [-0.05, 0) is 54.9 Å². The number of rotatable bonds is 3. The molecule has 1 saturated carbocycles. The Morgan fingerprint density at radius 2 is 1.71 bits per heavy atom. The maximum absolute atomic E-state index is 5.97. The van der Waals surface area contributed by atoms with Crippen LogP contribution < -0.4 is 4.90 Å². The number of fused-ring (bicyclic) bond motifs is 2. The fourth-order valence-electron chi connectivity index (χ4n) is 4.28. The monoisotopic (exact) mass is 302 g/mol. The first kappa shape index (κ1) is 13.7. The van der Waals surface area contributed by atoms with E-state index in [2.05, 4.69) is 34.1 Å². The lowest BCUT2D eigenvalue weighted by Gasteiger charge is -2.38. The molecule has 1 aromatic rings. The van der Waals surface area contributed by atoms with Crippen LogP contribution in [0.3, 0.4) is 0 Å². The Kier molecular flexibility index (Phi) is 3.68. The van der Waals surface area contributed by atoms with Crippen LogP contribution in [0.4, 0.5) is 5.69 Å². The standard InChI is InChI=1S/C18H23ClN2/c19-17-3-5-18(6-4-17)21-9-7-20(8-10-21)13-16-12-14-1-2-15(16)11-14/h1-6,14-16H,7-13H2. The molecule has 0 aromatic heterocycles. The highest BCUT2D eigenvalue weighted by Crippen LogP contribution is 2.43. The third-order valence-corrected chi connectivity index (χ3v) is 5.73. The van der Waals surface area contributed by atoms with E-state index in [1.807, 2.05) is 12.1 Å². The molecular weight excluding hydrogens is 280 g/mol. The van der Waals surface area contributed by atoms with Crippen molar-refractivity contribution in [3.8, 4) is 0 Å². The van der Waals surface area contributed by atoms with Crippen LogP contribution in [0.2, 0.25) is 5.02 Å². The molecular formula is C18H23ClN2. The lowest BCUT2D eigenvalue weighted by molar-refractivity contribution is 0.204. The van der Waals surface area contributed by atoms with Gasteiger partial charge in [0, 0.05) is 43.4 Å². The van der Waals surface area contributed by atoms with E-state index < -0.39 is 0 Å². The lowest BCUT2D eigenvalue weighted by atomic mass is 9.93. The summed E-state index contributed by atoms with van der Waals surface area (Å²) in [7, 11) is 0. The molecule has 0 radical (unpaired) electrons. The first-order chi connectivity index (χ1) is 10.3. The van der Waals surface area contributed by atoms with Gasteiger partial charge in [-0.25, -0.2) is 0 Å². The van der Waals surface area contributed by atoms with Crippen molar-refractivity contribution in [1.82, 2.24) is 4.90 Å². The minimum atomic E-state index is 0.821. The van der Waals surface area contributed by atoms with E-state index >= 15 is 0 Å². The fraction of sp³-hybridized carbons (Fsp3) is 0.556. The highest BCUT2D eigenvalue weighted by Gasteiger charge is 2.36. The molecule has 0 spiro atoms. The number of allylic oxidation sites excluding steroid dienone is 2. The van der Waals surface area contributed by atoms with Gasteiger partial charge in [0.05, 0.1) is 0 Å². The van der Waals surface area contributed by atoms with E-state index in [9.17, 15) is 0 Å². The predicted molar refractivity (Wildman–Crippen MR) is 88.9 cm³/mol. The Morgan fingerprint density at radius 3 is 2.33 bits per heavy atom. The van der Waals surface area contributed by atoms with Crippen LogP contribution in [0, 0.1) is 17.8 Å². The van der Waals surface area contributed by atoms with Gasteiger partial charge in [-0.15, -0.1) is 0 Å². The van der Waals surface area contributed by atoms with E-state index in [1.54, 1.807) is 0 Å². The highest BCUT2D eigenvalue weighted by atomic mass is 35.5. The quantitative estimate of drug-likeness (QED) is 0.786. The summed E-state index contributed by atoms with van der Waals surface area (Å²) in [6.07, 6.45) is 7.77. The number of piperazine rings is 1. The molecule has 1 heterocycles. The topological polar surface area (TPSA) is 6.48 Å². The number of anilines is 1. The number of hydrogen-bond acceptors (Lipinski definition) is 2. The van der Waals surface area contributed by atoms with Crippen LogP contribution in [-0.2, 0) is 0 Å². The molecule has 0 N–H and O–H groups in total. The largest absolute Gasteiger partial charge is 0.369 e. The average molecular weight is 303 g/mol. The molecule has 112 valence electrons. The molecule has 0 amide bonds. The van der Waals surface area contributed by atoms with Crippen molar-refractivity contribution in [2.45, 2.75) is 12.8 Å². The maximum atomic E-state index is 5.97. The molecule has 2 fully saturated rings. The number of nitrogens with zero attached hydrogens (tertiary/aromatic N) is 2. The van der Waals surface area contributed by atoms with Crippen LogP contribution in [0.25, 0.3) is 0 Å². The van der Waals surface area contributed by atoms with Gasteiger partial charge in [0.25, 0.3) is 0 Å². The lowest BCUT2D eigenvalue weighted by Crippen LogP contribution is -2.48. The van der Waals surface area contributed by atoms with Crippen molar-refractivity contribution in [1.29, 1.82) is 0 Å². The SMILES string of the molecule is Clc1ccc(N2CCN(CC3CC4C=CC3C4)CC2)cc1. The highest BCUT2D eigenvalue weighted by molar-refractivity contribution is 6.30. The Balaban J connectivity index is 1.30. The second kappa shape index (κ2) is 5.66. The summed E-state index contributed by atoms with van der Waals surface area (Å²) in [4.78, 5) is 5.15. The van der Waals surface area contributed by atoms with Crippen molar-refractivity contribution in [2.24, 2.45) is 17.8 Å². The van der Waals surface area contributed by atoms with Gasteiger partial charge in [-0.3, -0.25) is 4.90 Å². The first-order valence-corrected chi connectivity index (χ1v) is 8.57. The minimum Gasteiger partial charge on any atom is -0.369 e. The van der Waals surface area contributed by atoms with Crippen molar-refractivity contribution >= 4 is 17.3 Å². The Morgan fingerprint density at radius 1 is 0.952 bits per heavy atom. The molecule has 2 nitrogen and oxygen atoms in total. The normalized spacial score (nSPS) is 32.0. The number of halogens is 1. The van der Waals surface area contributed by atoms with Crippen molar-refractivity contribution in [3.63, 3.8) is 0 Å². The molecule has 1 aromatic carbocycles. The van der Waals surface area contributed by atoms with Gasteiger partial charge in [0.15, 0.2) is 0 Å². The van der Waals surface area contributed by atoms with E-state index in [1.165, 1.54) is 38.2 Å². The molecule has 1 aliphatic heterocycles. The molecule has 4 rings (SSSR count). The van der Waals surface area contributed by atoms with Crippen LogP contribution in [-0.4, -0.2) is 37.6 Å². The van der Waals surface area contributed by atoms with E-state index in [-0.39, 0.29) is 0 Å². The molecule has 2 aliphatic carbocycles. The summed E-state index contributed by atoms with van der Waals surface area (Å²) in [6, 6.07) is 8.26. The Hall–Kier alpha value is -0.990. The maximum Gasteiger partial charge on any atom is 0.0407 e. The second-order valence-corrected chi connectivity index (χ2v) is 7.24. The van der Waals surface area contributed by atoms with Gasteiger partial charge < -0.3 is 4.90 Å². The minimum absolute atomic E-state index is 0.821. The van der Waals surface area contributed by atoms with Crippen LogP contribution in [0.15, 0.2) is 36.4 Å². The number of benzene rings is 1. The van der Waals surface area contributed by atoms with Gasteiger partial charge in [0.2, 0.25) is 0 Å². The van der Waals surface area contributed by atoms with E-state index in [0.29, 0.717) is 0 Å².